The molecular formula is C23H21FN2O5. The number of hydrogen-bond acceptors (Lipinski definition) is 5. The van der Waals surface area contributed by atoms with E-state index in [9.17, 15) is 19.1 Å². The second-order valence-electron chi connectivity index (χ2n) is 7.19. The average molecular weight is 424 g/mol. The Hall–Kier alpha value is -3.49. The molecule has 0 aliphatic carbocycles. The van der Waals surface area contributed by atoms with E-state index in [1.165, 1.54) is 17.2 Å². The first-order chi connectivity index (χ1) is 15.0. The van der Waals surface area contributed by atoms with E-state index < -0.39 is 18.0 Å². The van der Waals surface area contributed by atoms with E-state index in [4.69, 9.17) is 9.15 Å². The lowest BCUT2D eigenvalue weighted by Gasteiger charge is -2.38. The van der Waals surface area contributed by atoms with Gasteiger partial charge in [0.2, 0.25) is 5.91 Å². The van der Waals surface area contributed by atoms with Gasteiger partial charge in [-0.15, -0.1) is 0 Å². The number of hydrogen-bond donors (Lipinski definition) is 2. The molecule has 1 aromatic heterocycles. The van der Waals surface area contributed by atoms with Crippen molar-refractivity contribution in [3.8, 4) is 0 Å². The number of ether oxygens (including phenoxy) is 1. The highest BCUT2D eigenvalue weighted by atomic mass is 19.1. The number of nitrogens with zero attached hydrogens (tertiary/aromatic N) is 1. The van der Waals surface area contributed by atoms with Crippen LogP contribution in [0.3, 0.4) is 0 Å². The number of nitrogens with one attached hydrogen (secondary N) is 1. The smallest absolute Gasteiger partial charge is 0.291 e. The third kappa shape index (κ3) is 4.65. The number of benzene rings is 2. The minimum Gasteiger partial charge on any atom is -0.459 e. The standard InChI is InChI=1S/C23H21FN2O5/c24-18-5-2-1-4-16(18)12-26-19(13-30-14-21(26)27)22(28)15-7-9-17(10-8-15)25-23(29)20-6-3-11-31-20/h1-11,19,22,28H,12-14H2,(H,25,29). The molecule has 2 heterocycles. The van der Waals surface area contributed by atoms with Crippen LogP contribution >= 0.6 is 0 Å². The Labute approximate surface area is 178 Å². The molecule has 0 bridgehead atoms. The molecule has 1 aliphatic heterocycles. The monoisotopic (exact) mass is 424 g/mol. The topological polar surface area (TPSA) is 92.0 Å². The van der Waals surface area contributed by atoms with Gasteiger partial charge in [-0.2, -0.15) is 0 Å². The molecule has 0 saturated carbocycles. The number of morpholine rings is 1. The second kappa shape index (κ2) is 9.11. The highest BCUT2D eigenvalue weighted by molar-refractivity contribution is 6.02. The van der Waals surface area contributed by atoms with Gasteiger partial charge in [-0.3, -0.25) is 9.59 Å². The van der Waals surface area contributed by atoms with E-state index >= 15 is 0 Å². The van der Waals surface area contributed by atoms with E-state index in [0.29, 0.717) is 16.8 Å². The first-order valence-corrected chi connectivity index (χ1v) is 9.76. The normalized spacial score (nSPS) is 17.4. The molecule has 2 N–H and O–H groups in total. The molecule has 31 heavy (non-hydrogen) atoms. The Morgan fingerprint density at radius 1 is 1.16 bits per heavy atom. The van der Waals surface area contributed by atoms with Gasteiger partial charge in [0.1, 0.15) is 18.5 Å². The fourth-order valence-electron chi connectivity index (χ4n) is 3.49. The third-order valence-electron chi connectivity index (χ3n) is 5.15. The molecule has 2 atom stereocenters. The molecule has 160 valence electrons. The zero-order valence-electron chi connectivity index (χ0n) is 16.5. The van der Waals surface area contributed by atoms with Crippen LogP contribution < -0.4 is 5.32 Å². The largest absolute Gasteiger partial charge is 0.459 e. The predicted octanol–water partition coefficient (Wildman–Crippen LogP) is 3.13. The fourth-order valence-corrected chi connectivity index (χ4v) is 3.49. The summed E-state index contributed by atoms with van der Waals surface area (Å²) in [5.74, 6) is -0.932. The third-order valence-corrected chi connectivity index (χ3v) is 5.15. The molecule has 2 aromatic carbocycles. The fraction of sp³-hybridized carbons (Fsp3) is 0.217. The van der Waals surface area contributed by atoms with Gasteiger partial charge in [-0.25, -0.2) is 4.39 Å². The molecule has 8 heteroatoms. The summed E-state index contributed by atoms with van der Waals surface area (Å²) >= 11 is 0. The summed E-state index contributed by atoms with van der Waals surface area (Å²) < 4.78 is 24.5. The minimum absolute atomic E-state index is 0.0356. The van der Waals surface area contributed by atoms with Crippen molar-refractivity contribution < 1.29 is 28.2 Å². The number of furan rings is 1. The maximum Gasteiger partial charge on any atom is 0.291 e. The zero-order valence-corrected chi connectivity index (χ0v) is 16.5. The Bertz CT molecular complexity index is 1050. The SMILES string of the molecule is O=C(Nc1ccc(C(O)C2COCC(=O)N2Cc2ccccc2F)cc1)c1ccco1. The lowest BCUT2D eigenvalue weighted by molar-refractivity contribution is -0.155. The molecule has 1 aliphatic rings. The Morgan fingerprint density at radius 2 is 1.94 bits per heavy atom. The summed E-state index contributed by atoms with van der Waals surface area (Å²) in [6.45, 7) is 0.0433. The van der Waals surface area contributed by atoms with Crippen LogP contribution in [0.2, 0.25) is 0 Å². The van der Waals surface area contributed by atoms with Crippen molar-refractivity contribution in [2.24, 2.45) is 0 Å². The van der Waals surface area contributed by atoms with Crippen LogP contribution in [0.4, 0.5) is 10.1 Å². The van der Waals surface area contributed by atoms with Crippen LogP contribution in [0.15, 0.2) is 71.3 Å². The van der Waals surface area contributed by atoms with Gasteiger partial charge < -0.3 is 24.5 Å². The maximum absolute atomic E-state index is 14.1. The number of aliphatic hydroxyl groups is 1. The molecule has 1 fully saturated rings. The molecule has 0 spiro atoms. The molecule has 0 radical (unpaired) electrons. The van der Waals surface area contributed by atoms with Crippen molar-refractivity contribution in [3.63, 3.8) is 0 Å². The number of carbonyl (C=O) groups excluding carboxylic acids is 2. The highest BCUT2D eigenvalue weighted by Crippen LogP contribution is 2.27. The van der Waals surface area contributed by atoms with Gasteiger partial charge in [0.05, 0.1) is 18.9 Å². The number of rotatable bonds is 6. The van der Waals surface area contributed by atoms with Gasteiger partial charge in [0, 0.05) is 17.8 Å². The molecule has 3 aromatic rings. The molecule has 2 amide bonds. The Morgan fingerprint density at radius 3 is 2.65 bits per heavy atom. The Balaban J connectivity index is 1.48. The highest BCUT2D eigenvalue weighted by Gasteiger charge is 2.35. The van der Waals surface area contributed by atoms with Crippen LogP contribution in [-0.4, -0.2) is 41.1 Å². The van der Waals surface area contributed by atoms with Gasteiger partial charge in [-0.05, 0) is 35.9 Å². The van der Waals surface area contributed by atoms with Crippen LogP contribution in [0, 0.1) is 5.82 Å². The average Bonchev–Trinajstić information content (AvgIpc) is 3.32. The number of halogens is 1. The lowest BCUT2D eigenvalue weighted by Crippen LogP contribution is -2.51. The molecular weight excluding hydrogens is 403 g/mol. The number of carbonyl (C=O) groups is 2. The van der Waals surface area contributed by atoms with Gasteiger partial charge in [0.25, 0.3) is 5.91 Å². The van der Waals surface area contributed by atoms with Crippen LogP contribution in [0.1, 0.15) is 27.8 Å². The van der Waals surface area contributed by atoms with Crippen molar-refractivity contribution in [3.05, 3.63) is 89.6 Å². The van der Waals surface area contributed by atoms with Crippen LogP contribution in [0.25, 0.3) is 0 Å². The summed E-state index contributed by atoms with van der Waals surface area (Å²) in [6, 6.07) is 15.3. The lowest BCUT2D eigenvalue weighted by atomic mass is 9.99. The number of amides is 2. The first kappa shape index (κ1) is 20.8. The minimum atomic E-state index is -1.05. The van der Waals surface area contributed by atoms with Crippen molar-refractivity contribution in [2.75, 3.05) is 18.5 Å². The zero-order chi connectivity index (χ0) is 21.8. The second-order valence-corrected chi connectivity index (χ2v) is 7.19. The van der Waals surface area contributed by atoms with Crippen molar-refractivity contribution >= 4 is 17.5 Å². The van der Waals surface area contributed by atoms with E-state index in [0.717, 1.165) is 0 Å². The summed E-state index contributed by atoms with van der Waals surface area (Å²) in [4.78, 5) is 26.0. The molecule has 1 saturated heterocycles. The van der Waals surface area contributed by atoms with E-state index in [1.807, 2.05) is 0 Å². The summed E-state index contributed by atoms with van der Waals surface area (Å²) in [5.41, 5.74) is 1.43. The van der Waals surface area contributed by atoms with Crippen LogP contribution in [0.5, 0.6) is 0 Å². The van der Waals surface area contributed by atoms with E-state index in [1.54, 1.807) is 54.6 Å². The summed E-state index contributed by atoms with van der Waals surface area (Å²) in [7, 11) is 0. The Kier molecular flexibility index (Phi) is 6.11. The summed E-state index contributed by atoms with van der Waals surface area (Å²) in [5, 5.41) is 13.6. The maximum atomic E-state index is 14.1. The molecule has 2 unspecified atom stereocenters. The van der Waals surface area contributed by atoms with Gasteiger partial charge >= 0.3 is 0 Å². The van der Waals surface area contributed by atoms with Gasteiger partial charge in [-0.1, -0.05) is 30.3 Å². The summed E-state index contributed by atoms with van der Waals surface area (Å²) in [6.07, 6.45) is 0.362. The number of aliphatic hydroxyl groups excluding tert-OH is 1. The van der Waals surface area contributed by atoms with Crippen LogP contribution in [-0.2, 0) is 16.1 Å². The first-order valence-electron chi connectivity index (χ1n) is 9.76. The van der Waals surface area contributed by atoms with Gasteiger partial charge in [0.15, 0.2) is 5.76 Å². The molecule has 7 nitrogen and oxygen atoms in total. The van der Waals surface area contributed by atoms with Crippen molar-refractivity contribution in [2.45, 2.75) is 18.7 Å². The van der Waals surface area contributed by atoms with Crippen molar-refractivity contribution in [1.82, 2.24) is 4.90 Å². The number of anilines is 1. The quantitative estimate of drug-likeness (QED) is 0.634. The van der Waals surface area contributed by atoms with E-state index in [2.05, 4.69) is 5.32 Å². The van der Waals surface area contributed by atoms with E-state index in [-0.39, 0.29) is 37.3 Å². The predicted molar refractivity (Wildman–Crippen MR) is 110 cm³/mol. The molecule has 4 rings (SSSR count). The van der Waals surface area contributed by atoms with Crippen molar-refractivity contribution in [1.29, 1.82) is 0 Å².